The van der Waals surface area contributed by atoms with Crippen molar-refractivity contribution in [2.75, 3.05) is 61.8 Å². The van der Waals surface area contributed by atoms with E-state index in [1.807, 2.05) is 25.1 Å². The number of anilines is 5. The lowest BCUT2D eigenvalue weighted by Crippen LogP contribution is -2.44. The minimum Gasteiger partial charge on any atom is -0.369 e. The lowest BCUT2D eigenvalue weighted by molar-refractivity contribution is 0.313. The van der Waals surface area contributed by atoms with Crippen molar-refractivity contribution in [3.8, 4) is 0 Å². The van der Waals surface area contributed by atoms with Gasteiger partial charge in [-0.05, 0) is 88.8 Å². The second-order valence-corrected chi connectivity index (χ2v) is 12.1. The molecule has 39 heavy (non-hydrogen) atoms. The molecule has 2 fully saturated rings. The molecule has 208 valence electrons. The molecule has 2 aromatic carbocycles. The van der Waals surface area contributed by atoms with Crippen LogP contribution in [0, 0.1) is 6.92 Å². The Hall–Kier alpha value is -3.25. The number of nitrogens with one attached hydrogen (secondary N) is 4. The molecule has 0 saturated carbocycles. The Morgan fingerprint density at radius 1 is 0.949 bits per heavy atom. The second-order valence-electron chi connectivity index (χ2n) is 10.3. The third-order valence-corrected chi connectivity index (χ3v) is 8.79. The van der Waals surface area contributed by atoms with Gasteiger partial charge >= 0.3 is 0 Å². The average Bonchev–Trinajstić information content (AvgIpc) is 3.20. The fourth-order valence-electron chi connectivity index (χ4n) is 4.88. The Balaban J connectivity index is 1.25. The number of rotatable bonds is 8. The molecule has 0 spiro atoms. The van der Waals surface area contributed by atoms with Crippen molar-refractivity contribution in [2.45, 2.75) is 37.1 Å². The Morgan fingerprint density at radius 2 is 1.74 bits per heavy atom. The smallest absolute Gasteiger partial charge is 0.240 e. The van der Waals surface area contributed by atoms with Crippen LogP contribution in [0.5, 0.6) is 0 Å². The summed E-state index contributed by atoms with van der Waals surface area (Å²) in [5.41, 5.74) is 3.60. The van der Waals surface area contributed by atoms with Crippen molar-refractivity contribution in [1.29, 1.82) is 0 Å². The van der Waals surface area contributed by atoms with E-state index in [4.69, 9.17) is 0 Å². The topological polar surface area (TPSA) is 115 Å². The van der Waals surface area contributed by atoms with E-state index < -0.39 is 10.0 Å². The zero-order valence-corrected chi connectivity index (χ0v) is 23.5. The molecule has 11 heteroatoms. The quantitative estimate of drug-likeness (QED) is 0.335. The highest BCUT2D eigenvalue weighted by molar-refractivity contribution is 7.89. The van der Waals surface area contributed by atoms with Crippen LogP contribution in [0.2, 0.25) is 0 Å². The summed E-state index contributed by atoms with van der Waals surface area (Å²) >= 11 is 0. The van der Waals surface area contributed by atoms with Crippen LogP contribution in [0.25, 0.3) is 0 Å². The molecular formula is C28H38N8O2S. The third-order valence-electron chi connectivity index (χ3n) is 7.27. The first kappa shape index (κ1) is 27.3. The number of benzene rings is 2. The third kappa shape index (κ3) is 7.24. The number of aryl methyl sites for hydroxylation is 1. The summed E-state index contributed by atoms with van der Waals surface area (Å²) in [6.45, 7) is 7.84. The monoisotopic (exact) mass is 550 g/mol. The van der Waals surface area contributed by atoms with Gasteiger partial charge in [-0.1, -0.05) is 6.07 Å². The van der Waals surface area contributed by atoms with Gasteiger partial charge in [0.2, 0.25) is 16.0 Å². The number of likely N-dealkylation sites (N-methyl/N-ethyl adjacent to an activating group) is 1. The van der Waals surface area contributed by atoms with Crippen LogP contribution in [0.3, 0.4) is 0 Å². The molecule has 1 unspecified atom stereocenters. The van der Waals surface area contributed by atoms with Gasteiger partial charge in [0.1, 0.15) is 5.82 Å². The van der Waals surface area contributed by atoms with E-state index in [9.17, 15) is 8.42 Å². The largest absolute Gasteiger partial charge is 0.369 e. The van der Waals surface area contributed by atoms with Crippen LogP contribution in [-0.2, 0) is 10.0 Å². The zero-order chi connectivity index (χ0) is 27.2. The minimum absolute atomic E-state index is 0.0602. The van der Waals surface area contributed by atoms with E-state index >= 15 is 0 Å². The van der Waals surface area contributed by atoms with Gasteiger partial charge in [-0.25, -0.2) is 18.1 Å². The van der Waals surface area contributed by atoms with Crippen molar-refractivity contribution in [2.24, 2.45) is 0 Å². The predicted molar refractivity (Wildman–Crippen MR) is 157 cm³/mol. The van der Waals surface area contributed by atoms with Gasteiger partial charge in [0, 0.05) is 61.0 Å². The highest BCUT2D eigenvalue weighted by Gasteiger charge is 2.21. The molecule has 3 heterocycles. The SMILES string of the molecule is Cc1cnc(Nc2ccc(N3CCN(C)CC3)cc2)nc1Nc1cccc(S(=O)(=O)NC2CCCNCC2)c1. The van der Waals surface area contributed by atoms with Crippen molar-refractivity contribution in [3.05, 3.63) is 60.3 Å². The maximum absolute atomic E-state index is 13.1. The lowest BCUT2D eigenvalue weighted by atomic mass is 10.1. The first-order valence-electron chi connectivity index (χ1n) is 13.6. The van der Waals surface area contributed by atoms with Crippen molar-refractivity contribution >= 4 is 38.9 Å². The van der Waals surface area contributed by atoms with E-state index in [0.717, 1.165) is 69.8 Å². The molecule has 0 bridgehead atoms. The number of aromatic nitrogens is 2. The Kier molecular flexibility index (Phi) is 8.61. The fraction of sp³-hybridized carbons (Fsp3) is 0.429. The number of piperazine rings is 1. The van der Waals surface area contributed by atoms with E-state index in [0.29, 0.717) is 17.5 Å². The lowest BCUT2D eigenvalue weighted by Gasteiger charge is -2.34. The summed E-state index contributed by atoms with van der Waals surface area (Å²) in [6, 6.07) is 15.1. The molecule has 3 aromatic rings. The summed E-state index contributed by atoms with van der Waals surface area (Å²) in [5, 5.41) is 9.87. The molecule has 2 saturated heterocycles. The summed E-state index contributed by atoms with van der Waals surface area (Å²) < 4.78 is 29.0. The van der Waals surface area contributed by atoms with Gasteiger partial charge in [0.05, 0.1) is 4.90 Å². The highest BCUT2D eigenvalue weighted by atomic mass is 32.2. The molecule has 0 amide bonds. The van der Waals surface area contributed by atoms with E-state index in [2.05, 4.69) is 59.6 Å². The van der Waals surface area contributed by atoms with Crippen LogP contribution in [0.15, 0.2) is 59.6 Å². The highest BCUT2D eigenvalue weighted by Crippen LogP contribution is 2.25. The van der Waals surface area contributed by atoms with Crippen LogP contribution in [0.4, 0.5) is 28.8 Å². The maximum Gasteiger partial charge on any atom is 0.240 e. The molecular weight excluding hydrogens is 512 g/mol. The Bertz CT molecular complexity index is 1350. The molecule has 0 aliphatic carbocycles. The van der Waals surface area contributed by atoms with E-state index in [1.54, 1.807) is 24.4 Å². The van der Waals surface area contributed by atoms with Crippen LogP contribution in [0.1, 0.15) is 24.8 Å². The van der Waals surface area contributed by atoms with Gasteiger partial charge in [-0.2, -0.15) is 4.98 Å². The first-order chi connectivity index (χ1) is 18.9. The van der Waals surface area contributed by atoms with E-state index in [-0.39, 0.29) is 10.9 Å². The van der Waals surface area contributed by atoms with Crippen molar-refractivity contribution in [1.82, 2.24) is 24.9 Å². The Labute approximate surface area is 231 Å². The summed E-state index contributed by atoms with van der Waals surface area (Å²) in [5.74, 6) is 1.07. The normalized spacial score (nSPS) is 18.9. The number of nitrogens with zero attached hydrogens (tertiary/aromatic N) is 4. The number of hydrogen-bond acceptors (Lipinski definition) is 9. The van der Waals surface area contributed by atoms with Gasteiger partial charge in [0.25, 0.3) is 0 Å². The van der Waals surface area contributed by atoms with E-state index in [1.165, 1.54) is 5.69 Å². The standard InChI is InChI=1S/C28H38N8O2S/c1-21-20-30-28(32-22-8-10-25(11-9-22)36-17-15-35(2)16-18-36)33-27(21)31-24-5-3-7-26(19-24)39(37,38)34-23-6-4-13-29-14-12-23/h3,5,7-11,19-20,23,29,34H,4,6,12-18H2,1-2H3,(H2,30,31,32,33). The summed E-state index contributed by atoms with van der Waals surface area (Å²) in [7, 11) is -1.48. The molecule has 10 nitrogen and oxygen atoms in total. The molecule has 5 rings (SSSR count). The summed E-state index contributed by atoms with van der Waals surface area (Å²) in [6.07, 6.45) is 4.32. The fourth-order valence-corrected chi connectivity index (χ4v) is 6.23. The maximum atomic E-state index is 13.1. The number of hydrogen-bond donors (Lipinski definition) is 4. The molecule has 1 aromatic heterocycles. The van der Waals surface area contributed by atoms with Crippen molar-refractivity contribution < 1.29 is 8.42 Å². The molecule has 2 aliphatic heterocycles. The molecule has 0 radical (unpaired) electrons. The minimum atomic E-state index is -3.63. The van der Waals surface area contributed by atoms with Gasteiger partial charge < -0.3 is 25.8 Å². The van der Waals surface area contributed by atoms with Gasteiger partial charge in [-0.15, -0.1) is 0 Å². The number of sulfonamides is 1. The van der Waals surface area contributed by atoms with Gasteiger partial charge in [0.15, 0.2) is 0 Å². The van der Waals surface area contributed by atoms with Crippen LogP contribution in [-0.4, -0.2) is 75.6 Å². The van der Waals surface area contributed by atoms with Crippen LogP contribution < -0.4 is 25.6 Å². The summed E-state index contributed by atoms with van der Waals surface area (Å²) in [4.78, 5) is 14.1. The van der Waals surface area contributed by atoms with Crippen LogP contribution >= 0.6 is 0 Å². The molecule has 4 N–H and O–H groups in total. The predicted octanol–water partition coefficient (Wildman–Crippen LogP) is 3.44. The van der Waals surface area contributed by atoms with Gasteiger partial charge in [-0.3, -0.25) is 0 Å². The van der Waals surface area contributed by atoms with Crippen molar-refractivity contribution in [3.63, 3.8) is 0 Å². The second kappa shape index (κ2) is 12.3. The average molecular weight is 551 g/mol. The molecule has 2 aliphatic rings. The zero-order valence-electron chi connectivity index (χ0n) is 22.7. The Morgan fingerprint density at radius 3 is 2.54 bits per heavy atom. The molecule has 1 atom stereocenters. The first-order valence-corrected chi connectivity index (χ1v) is 15.1.